The lowest BCUT2D eigenvalue weighted by Crippen LogP contribution is -2.81. The highest BCUT2D eigenvalue weighted by molar-refractivity contribution is 6.16. The molecule has 3 heteroatoms. The van der Waals surface area contributed by atoms with E-state index in [1.165, 1.54) is 89.8 Å². The van der Waals surface area contributed by atoms with Crippen LogP contribution in [0.25, 0.3) is 54.7 Å². The molecule has 3 aromatic heterocycles. The number of unbranched alkanes of at least 4 members (excludes halogenated alkanes) is 1. The van der Waals surface area contributed by atoms with Gasteiger partial charge in [-0.3, -0.25) is 0 Å². The molecule has 0 amide bonds. The standard InChI is InChI=1S/C44H43N3/c1-6-9-14-28-25-30-22-24-46-41-37(30)35(26-28)42(4,5)33-17-12-18-34(38(33)41)44(43(46,7-2)8-3)27-45-36-19-11-10-16-31(36)32-21-20-29-15-13-23-47(44)39(29)40(32)45/h10-13,15-26H,6-9,14,27H2,1-5H3/q+2. The highest BCUT2D eigenvalue weighted by Crippen LogP contribution is 2.58. The third kappa shape index (κ3) is 3.02. The molecule has 1 aliphatic carbocycles. The number of aromatic nitrogens is 3. The Labute approximate surface area is 277 Å². The van der Waals surface area contributed by atoms with Gasteiger partial charge in [0.15, 0.2) is 12.4 Å². The first kappa shape index (κ1) is 27.6. The van der Waals surface area contributed by atoms with E-state index in [-0.39, 0.29) is 16.5 Å². The van der Waals surface area contributed by atoms with E-state index in [1.54, 1.807) is 0 Å². The van der Waals surface area contributed by atoms with Crippen molar-refractivity contribution in [2.75, 3.05) is 0 Å². The number of para-hydroxylation sites is 1. The highest BCUT2D eigenvalue weighted by atomic mass is 15.3. The molecule has 0 saturated heterocycles. The molecule has 7 aromatic rings. The van der Waals surface area contributed by atoms with Crippen LogP contribution in [0.5, 0.6) is 0 Å². The molecular formula is C44H43N3+2. The van der Waals surface area contributed by atoms with Crippen molar-refractivity contribution in [1.29, 1.82) is 0 Å². The topological polar surface area (TPSA) is 12.7 Å². The minimum atomic E-state index is -0.343. The number of hydrogen-bond acceptors (Lipinski definition) is 0. The van der Waals surface area contributed by atoms with E-state index >= 15 is 0 Å². The molecule has 4 aromatic carbocycles. The lowest BCUT2D eigenvalue weighted by Gasteiger charge is -2.49. The highest BCUT2D eigenvalue weighted by Gasteiger charge is 2.71. The number of fused-ring (bicyclic) bond motifs is 5. The van der Waals surface area contributed by atoms with Crippen molar-refractivity contribution in [3.8, 4) is 11.3 Å². The van der Waals surface area contributed by atoms with Crippen molar-refractivity contribution in [1.82, 2.24) is 4.57 Å². The van der Waals surface area contributed by atoms with Crippen molar-refractivity contribution >= 4 is 43.5 Å². The number of nitrogens with zero attached hydrogens (tertiary/aromatic N) is 3. The predicted molar refractivity (Wildman–Crippen MR) is 193 cm³/mol. The molecule has 10 rings (SSSR count). The average molecular weight is 614 g/mol. The second kappa shape index (κ2) is 9.10. The number of aryl methyl sites for hydroxylation is 1. The van der Waals surface area contributed by atoms with Crippen molar-refractivity contribution in [2.45, 2.75) is 89.8 Å². The maximum absolute atomic E-state index is 2.77. The van der Waals surface area contributed by atoms with Crippen LogP contribution < -0.4 is 9.13 Å². The van der Waals surface area contributed by atoms with Gasteiger partial charge in [-0.05, 0) is 53.1 Å². The smallest absolute Gasteiger partial charge is 0.275 e. The lowest BCUT2D eigenvalue weighted by molar-refractivity contribution is -0.862. The Morgan fingerprint density at radius 2 is 1.55 bits per heavy atom. The van der Waals surface area contributed by atoms with Gasteiger partial charge in [-0.15, -0.1) is 0 Å². The van der Waals surface area contributed by atoms with Gasteiger partial charge < -0.3 is 4.57 Å². The van der Waals surface area contributed by atoms with E-state index in [1.807, 2.05) is 0 Å². The Kier molecular flexibility index (Phi) is 5.34. The van der Waals surface area contributed by atoms with E-state index in [0.717, 1.165) is 25.8 Å². The van der Waals surface area contributed by atoms with Crippen molar-refractivity contribution in [3.63, 3.8) is 0 Å². The fraction of sp³-hybridized carbons (Fsp3) is 0.318. The van der Waals surface area contributed by atoms with Crippen LogP contribution in [0.15, 0.2) is 97.3 Å². The zero-order valence-corrected chi connectivity index (χ0v) is 28.3. The van der Waals surface area contributed by atoms with Crippen LogP contribution in [0.2, 0.25) is 0 Å². The Balaban J connectivity index is 1.41. The summed E-state index contributed by atoms with van der Waals surface area (Å²) in [6.45, 7) is 13.0. The SMILES string of the molecule is CCCCc1cc2c3c4[n+](ccc3c1)C(CC)(CC)C1(Cn3c5ccccc5c5ccc6ccc[n+]1c6c53)c1cccc(c1-4)C2(C)C. The number of benzene rings is 4. The van der Waals surface area contributed by atoms with E-state index in [9.17, 15) is 0 Å². The predicted octanol–water partition coefficient (Wildman–Crippen LogP) is 9.61. The molecule has 5 heterocycles. The van der Waals surface area contributed by atoms with Gasteiger partial charge in [0.1, 0.15) is 12.1 Å². The third-order valence-corrected chi connectivity index (χ3v) is 12.9. The first-order valence-corrected chi connectivity index (χ1v) is 17.9. The second-order valence-electron chi connectivity index (χ2n) is 15.1. The molecule has 1 spiro atoms. The van der Waals surface area contributed by atoms with Crippen molar-refractivity contribution < 1.29 is 9.13 Å². The summed E-state index contributed by atoms with van der Waals surface area (Å²) in [7, 11) is 0. The average Bonchev–Trinajstić information content (AvgIpc) is 3.43. The minimum Gasteiger partial charge on any atom is -0.327 e. The number of hydrogen-bond donors (Lipinski definition) is 0. The van der Waals surface area contributed by atoms with E-state index in [4.69, 9.17) is 0 Å². The maximum atomic E-state index is 2.77. The zero-order valence-electron chi connectivity index (χ0n) is 28.3. The molecule has 3 aliphatic rings. The molecule has 0 bridgehead atoms. The molecule has 0 N–H and O–H groups in total. The molecule has 0 saturated carbocycles. The van der Waals surface area contributed by atoms with Crippen LogP contribution in [0.1, 0.15) is 82.6 Å². The Bertz CT molecular complexity index is 2490. The molecule has 232 valence electrons. The minimum absolute atomic E-state index is 0.117. The molecule has 1 unspecified atom stereocenters. The van der Waals surface area contributed by atoms with E-state index < -0.39 is 0 Å². The van der Waals surface area contributed by atoms with Gasteiger partial charge >= 0.3 is 0 Å². The van der Waals surface area contributed by atoms with Crippen LogP contribution in [0.3, 0.4) is 0 Å². The van der Waals surface area contributed by atoms with Gasteiger partial charge in [0.05, 0.1) is 10.9 Å². The summed E-state index contributed by atoms with van der Waals surface area (Å²) in [5.41, 5.74) is 12.2. The molecule has 47 heavy (non-hydrogen) atoms. The molecule has 0 fully saturated rings. The van der Waals surface area contributed by atoms with Gasteiger partial charge in [-0.25, -0.2) is 0 Å². The van der Waals surface area contributed by atoms with Crippen LogP contribution in [0.4, 0.5) is 0 Å². The molecule has 3 nitrogen and oxygen atoms in total. The van der Waals surface area contributed by atoms with Crippen LogP contribution >= 0.6 is 0 Å². The van der Waals surface area contributed by atoms with Crippen LogP contribution in [-0.2, 0) is 29.5 Å². The van der Waals surface area contributed by atoms with E-state index in [2.05, 4.69) is 146 Å². The first-order chi connectivity index (χ1) is 22.9. The summed E-state index contributed by atoms with van der Waals surface area (Å²) >= 11 is 0. The summed E-state index contributed by atoms with van der Waals surface area (Å²) in [5.74, 6) is 0. The normalized spacial score (nSPS) is 19.5. The Morgan fingerprint density at radius 1 is 0.723 bits per heavy atom. The van der Waals surface area contributed by atoms with Crippen LogP contribution in [0, 0.1) is 0 Å². The Hall–Kier alpha value is -4.50. The van der Waals surface area contributed by atoms with Crippen molar-refractivity contribution in [3.05, 3.63) is 120 Å². The summed E-state index contributed by atoms with van der Waals surface area (Å²) in [6.07, 6.45) is 10.5. The second-order valence-corrected chi connectivity index (χ2v) is 15.1. The van der Waals surface area contributed by atoms with Gasteiger partial charge in [-0.2, -0.15) is 9.13 Å². The monoisotopic (exact) mass is 613 g/mol. The van der Waals surface area contributed by atoms with Gasteiger partial charge in [0.2, 0.25) is 16.7 Å². The van der Waals surface area contributed by atoms with Gasteiger partial charge in [-0.1, -0.05) is 95.6 Å². The number of pyridine rings is 2. The fourth-order valence-electron chi connectivity index (χ4n) is 10.7. The maximum Gasteiger partial charge on any atom is 0.275 e. The van der Waals surface area contributed by atoms with Crippen molar-refractivity contribution in [2.24, 2.45) is 0 Å². The summed E-state index contributed by atoms with van der Waals surface area (Å²) < 4.78 is 8.20. The Morgan fingerprint density at radius 3 is 2.38 bits per heavy atom. The molecule has 2 aliphatic heterocycles. The first-order valence-electron chi connectivity index (χ1n) is 17.9. The molecule has 0 radical (unpaired) electrons. The fourth-order valence-corrected chi connectivity index (χ4v) is 10.7. The summed E-state index contributed by atoms with van der Waals surface area (Å²) in [6, 6.07) is 33.2. The molecule has 1 atom stereocenters. The lowest BCUT2D eigenvalue weighted by atomic mass is 9.59. The summed E-state index contributed by atoms with van der Waals surface area (Å²) in [4.78, 5) is 0. The zero-order chi connectivity index (χ0) is 31.9. The van der Waals surface area contributed by atoms with Crippen LogP contribution in [-0.4, -0.2) is 4.57 Å². The van der Waals surface area contributed by atoms with Gasteiger partial charge in [0.25, 0.3) is 5.54 Å². The summed E-state index contributed by atoms with van der Waals surface area (Å²) in [5, 5.41) is 6.88. The molecular weight excluding hydrogens is 571 g/mol. The third-order valence-electron chi connectivity index (χ3n) is 12.9. The number of rotatable bonds is 5. The van der Waals surface area contributed by atoms with E-state index in [0.29, 0.717) is 0 Å². The largest absolute Gasteiger partial charge is 0.327 e. The quantitative estimate of drug-likeness (QED) is 0.172. The van der Waals surface area contributed by atoms with Gasteiger partial charge in [0, 0.05) is 57.6 Å².